The third-order valence-corrected chi connectivity index (χ3v) is 13.0. The molecule has 0 aromatic rings. The normalized spacial score (nSPS) is 53.4. The number of fused-ring (bicyclic) bond motifs is 7. The van der Waals surface area contributed by atoms with Crippen molar-refractivity contribution < 1.29 is 49.6 Å². The highest BCUT2D eigenvalue weighted by molar-refractivity contribution is 5.87. The second-order valence-corrected chi connectivity index (χ2v) is 15.3. The lowest BCUT2D eigenvalue weighted by atomic mass is 9.46. The molecule has 0 aromatic carbocycles. The minimum absolute atomic E-state index is 0.0299. The van der Waals surface area contributed by atoms with E-state index in [-0.39, 0.29) is 47.9 Å². The fraction of sp³-hybridized carbons (Fsp3) is 0.909. The molecule has 6 N–H and O–H groups in total. The quantitative estimate of drug-likeness (QED) is 0.234. The van der Waals surface area contributed by atoms with E-state index in [1.807, 2.05) is 13.8 Å². The first-order valence-corrected chi connectivity index (χ1v) is 16.5. The molecule has 43 heavy (non-hydrogen) atoms. The maximum atomic E-state index is 14.1. The smallest absolute Gasteiger partial charge is 0.186 e. The largest absolute Gasteiger partial charge is 0.394 e. The second kappa shape index (κ2) is 11.4. The van der Waals surface area contributed by atoms with Crippen molar-refractivity contribution in [2.75, 3.05) is 13.2 Å². The Labute approximate surface area is 254 Å². The summed E-state index contributed by atoms with van der Waals surface area (Å²) >= 11 is 0. The molecule has 5 fully saturated rings. The van der Waals surface area contributed by atoms with Crippen LogP contribution < -0.4 is 0 Å². The molecule has 0 aromatic heterocycles. The highest BCUT2D eigenvalue weighted by Crippen LogP contribution is 2.69. The van der Waals surface area contributed by atoms with Gasteiger partial charge in [-0.15, -0.1) is 0 Å². The molecular weight excluding hydrogens is 556 g/mol. The molecular formula is C33H52O10. The second-order valence-electron chi connectivity index (χ2n) is 15.3. The molecule has 0 spiro atoms. The summed E-state index contributed by atoms with van der Waals surface area (Å²) in [6.45, 7) is 8.08. The zero-order valence-electron chi connectivity index (χ0n) is 26.0. The fourth-order valence-corrected chi connectivity index (χ4v) is 10.3. The van der Waals surface area contributed by atoms with E-state index in [2.05, 4.69) is 19.9 Å². The van der Waals surface area contributed by atoms with Crippen LogP contribution >= 0.6 is 0 Å². The van der Waals surface area contributed by atoms with Crippen molar-refractivity contribution in [3.8, 4) is 0 Å². The number of carbonyl (C=O) groups is 1. The Hall–Kier alpha value is -0.950. The van der Waals surface area contributed by atoms with Crippen molar-refractivity contribution in [1.29, 1.82) is 0 Å². The highest BCUT2D eigenvalue weighted by Gasteiger charge is 2.70. The summed E-state index contributed by atoms with van der Waals surface area (Å²) in [5.41, 5.74) is 0.770. The zero-order valence-corrected chi connectivity index (χ0v) is 26.0. The number of Topliss-reactive ketones (excluding diaryl/α,β-unsaturated/α-hetero) is 1. The maximum absolute atomic E-state index is 14.1. The SMILES string of the molecule is CC(CCC1(O)OC2CC3C4CC=C5CC(O)CCC5(C)C4CC(=O)C3(C)C2C1C)COC1OC(CO)C(O)C(O)C1O. The monoisotopic (exact) mass is 608 g/mol. The van der Waals surface area contributed by atoms with Gasteiger partial charge in [0.2, 0.25) is 0 Å². The first kappa shape index (κ1) is 32.0. The summed E-state index contributed by atoms with van der Waals surface area (Å²) in [4.78, 5) is 14.1. The third-order valence-electron chi connectivity index (χ3n) is 13.0. The van der Waals surface area contributed by atoms with Gasteiger partial charge < -0.3 is 44.8 Å². The number of allylic oxidation sites excluding steroid dienone is 1. The number of hydrogen-bond acceptors (Lipinski definition) is 10. The van der Waals surface area contributed by atoms with E-state index in [0.717, 1.165) is 32.1 Å². The van der Waals surface area contributed by atoms with Crippen LogP contribution in [0, 0.1) is 46.3 Å². The van der Waals surface area contributed by atoms with Crippen molar-refractivity contribution in [1.82, 2.24) is 0 Å². The van der Waals surface area contributed by atoms with Crippen LogP contribution in [0.4, 0.5) is 0 Å². The highest BCUT2D eigenvalue weighted by atomic mass is 16.7. The Morgan fingerprint density at radius 1 is 1.09 bits per heavy atom. The number of aliphatic hydroxyl groups is 6. The fourth-order valence-electron chi connectivity index (χ4n) is 10.3. The number of rotatable bonds is 7. The third kappa shape index (κ3) is 4.99. The number of aliphatic hydroxyl groups excluding tert-OH is 5. The molecule has 0 bridgehead atoms. The van der Waals surface area contributed by atoms with Gasteiger partial charge in [0.15, 0.2) is 12.1 Å². The molecule has 2 heterocycles. The van der Waals surface area contributed by atoms with Crippen LogP contribution in [0.1, 0.15) is 79.1 Å². The van der Waals surface area contributed by atoms with Gasteiger partial charge in [-0.2, -0.15) is 0 Å². The minimum Gasteiger partial charge on any atom is -0.394 e. The molecule has 16 atom stereocenters. The Bertz CT molecular complexity index is 1100. The summed E-state index contributed by atoms with van der Waals surface area (Å²) < 4.78 is 17.7. The van der Waals surface area contributed by atoms with Crippen molar-refractivity contribution >= 4 is 5.78 Å². The Balaban J connectivity index is 1.09. The lowest BCUT2D eigenvalue weighted by Crippen LogP contribution is -2.59. The number of ether oxygens (including phenoxy) is 3. The van der Waals surface area contributed by atoms with Crippen LogP contribution in [0.3, 0.4) is 0 Å². The van der Waals surface area contributed by atoms with Crippen molar-refractivity contribution in [3.63, 3.8) is 0 Å². The molecule has 4 aliphatic carbocycles. The summed E-state index contributed by atoms with van der Waals surface area (Å²) in [6.07, 6.45) is 0.958. The lowest BCUT2D eigenvalue weighted by molar-refractivity contribution is -0.303. The van der Waals surface area contributed by atoms with E-state index in [1.165, 1.54) is 5.57 Å². The standard InChI is InChI=1S/C33H52O10/c1-16(15-41-30-29(39)28(38)27(37)24(14-34)42-30)7-10-33(40)17(2)26-23(43-33)12-22-20-6-5-18-11-19(35)8-9-31(18,3)21(20)13-25(36)32(22,26)4/h5,16-17,19-24,26-30,34-35,37-40H,6-15H2,1-4H3. The number of hydrogen-bond donors (Lipinski definition) is 6. The average molecular weight is 609 g/mol. The predicted octanol–water partition coefficient (Wildman–Crippen LogP) is 1.67. The van der Waals surface area contributed by atoms with Crippen LogP contribution in [0.25, 0.3) is 0 Å². The number of ketones is 1. The van der Waals surface area contributed by atoms with E-state index in [1.54, 1.807) is 0 Å². The first-order valence-electron chi connectivity index (χ1n) is 16.5. The molecule has 16 unspecified atom stereocenters. The van der Waals surface area contributed by atoms with Gasteiger partial charge in [0.25, 0.3) is 0 Å². The summed E-state index contributed by atoms with van der Waals surface area (Å²) in [6, 6.07) is 0. The lowest BCUT2D eigenvalue weighted by Gasteiger charge is -2.57. The Morgan fingerprint density at radius 2 is 1.84 bits per heavy atom. The van der Waals surface area contributed by atoms with Gasteiger partial charge >= 0.3 is 0 Å². The molecule has 0 amide bonds. The summed E-state index contributed by atoms with van der Waals surface area (Å²) in [7, 11) is 0. The average Bonchev–Trinajstić information content (AvgIpc) is 3.41. The van der Waals surface area contributed by atoms with Gasteiger partial charge in [0, 0.05) is 30.1 Å². The van der Waals surface area contributed by atoms with Gasteiger partial charge in [0.05, 0.1) is 25.4 Å². The maximum Gasteiger partial charge on any atom is 0.186 e. The minimum atomic E-state index is -1.49. The topological polar surface area (TPSA) is 166 Å². The molecule has 6 aliphatic rings. The van der Waals surface area contributed by atoms with Crippen LogP contribution in [0.2, 0.25) is 0 Å². The Kier molecular flexibility index (Phi) is 8.47. The zero-order chi connectivity index (χ0) is 31.1. The van der Waals surface area contributed by atoms with Crippen LogP contribution in [-0.2, 0) is 19.0 Å². The molecule has 10 heteroatoms. The van der Waals surface area contributed by atoms with Gasteiger partial charge in [-0.25, -0.2) is 0 Å². The van der Waals surface area contributed by atoms with Crippen molar-refractivity contribution in [2.45, 2.75) is 128 Å². The molecule has 10 nitrogen and oxygen atoms in total. The Morgan fingerprint density at radius 3 is 2.56 bits per heavy atom. The van der Waals surface area contributed by atoms with Crippen molar-refractivity contribution in [2.24, 2.45) is 46.3 Å². The van der Waals surface area contributed by atoms with Crippen LogP contribution in [0.15, 0.2) is 11.6 Å². The van der Waals surface area contributed by atoms with Crippen LogP contribution in [-0.4, -0.2) is 98.3 Å². The predicted molar refractivity (Wildman–Crippen MR) is 154 cm³/mol. The van der Waals surface area contributed by atoms with Gasteiger partial charge in [-0.3, -0.25) is 4.79 Å². The molecule has 2 aliphatic heterocycles. The molecule has 6 rings (SSSR count). The van der Waals surface area contributed by atoms with E-state index >= 15 is 0 Å². The summed E-state index contributed by atoms with van der Waals surface area (Å²) in [5.74, 6) is -0.461. The van der Waals surface area contributed by atoms with E-state index < -0.39 is 48.5 Å². The molecule has 2 saturated heterocycles. The molecule has 3 saturated carbocycles. The van der Waals surface area contributed by atoms with Gasteiger partial charge in [0.1, 0.15) is 30.2 Å². The van der Waals surface area contributed by atoms with Gasteiger partial charge in [-0.1, -0.05) is 39.3 Å². The first-order chi connectivity index (χ1) is 20.2. The summed E-state index contributed by atoms with van der Waals surface area (Å²) in [5, 5.41) is 61.8. The number of carbonyl (C=O) groups excluding carboxylic acids is 1. The van der Waals surface area contributed by atoms with Gasteiger partial charge in [-0.05, 0) is 67.6 Å². The van der Waals surface area contributed by atoms with E-state index in [9.17, 15) is 35.4 Å². The molecule has 0 radical (unpaired) electrons. The molecule has 244 valence electrons. The van der Waals surface area contributed by atoms with Crippen molar-refractivity contribution in [3.05, 3.63) is 11.6 Å². The van der Waals surface area contributed by atoms with E-state index in [4.69, 9.17) is 14.2 Å². The van der Waals surface area contributed by atoms with E-state index in [0.29, 0.717) is 36.9 Å². The van der Waals surface area contributed by atoms with Crippen LogP contribution in [0.5, 0.6) is 0 Å².